The van der Waals surface area contributed by atoms with Crippen molar-refractivity contribution in [2.45, 2.75) is 6.17 Å². The normalized spacial score (nSPS) is 21.1. The fourth-order valence-electron chi connectivity index (χ4n) is 1.44. The summed E-state index contributed by atoms with van der Waals surface area (Å²) in [6.45, 7) is 0.0795. The molecule has 15 heavy (non-hydrogen) atoms. The molecule has 2 N–H and O–H groups in total. The summed E-state index contributed by atoms with van der Waals surface area (Å²) in [6, 6.07) is 4.31. The van der Waals surface area contributed by atoms with Gasteiger partial charge in [0.05, 0.1) is 11.0 Å². The Morgan fingerprint density at radius 1 is 1.60 bits per heavy atom. The lowest BCUT2D eigenvalue weighted by molar-refractivity contribution is -0.165. The second-order valence-corrected chi connectivity index (χ2v) is 4.05. The fourth-order valence-corrected chi connectivity index (χ4v) is 1.83. The molecule has 0 radical (unpaired) electrons. The fraction of sp³-hybridized carbons (Fsp3) is 0.222. The summed E-state index contributed by atoms with van der Waals surface area (Å²) in [5, 5.41) is 12.8. The second kappa shape index (κ2) is 3.88. The number of carbonyl (C=O) groups excluding carboxylic acids is 1. The molecular weight excluding hydrogens is 267 g/mol. The standard InChI is InChI=1S/C9H8BrFN2O2/c10-6-3-5(1-2-7(6)11)9-12-4-8(14)13(9)15/h1-3,9,12,15H,4H2. The molecule has 0 aliphatic carbocycles. The molecule has 2 rings (SSSR count). The van der Waals surface area contributed by atoms with Gasteiger partial charge in [-0.2, -0.15) is 0 Å². The second-order valence-electron chi connectivity index (χ2n) is 3.20. The molecule has 0 spiro atoms. The molecule has 4 nitrogen and oxygen atoms in total. The number of benzene rings is 1. The zero-order valence-electron chi connectivity index (χ0n) is 7.58. The van der Waals surface area contributed by atoms with E-state index in [1.165, 1.54) is 18.2 Å². The zero-order valence-corrected chi connectivity index (χ0v) is 9.16. The summed E-state index contributed by atoms with van der Waals surface area (Å²) in [5.74, 6) is -0.784. The van der Waals surface area contributed by atoms with Crippen LogP contribution in [0.1, 0.15) is 11.7 Å². The van der Waals surface area contributed by atoms with E-state index in [1.807, 2.05) is 0 Å². The van der Waals surface area contributed by atoms with E-state index in [2.05, 4.69) is 21.2 Å². The number of hydrogen-bond donors (Lipinski definition) is 2. The Hall–Kier alpha value is -0.980. The van der Waals surface area contributed by atoms with Crippen LogP contribution in [0.15, 0.2) is 22.7 Å². The Bertz CT molecular complexity index is 413. The number of rotatable bonds is 1. The first-order valence-electron chi connectivity index (χ1n) is 4.29. The summed E-state index contributed by atoms with van der Waals surface area (Å²) < 4.78 is 13.2. The van der Waals surface area contributed by atoms with Gasteiger partial charge in [0.25, 0.3) is 5.91 Å². The van der Waals surface area contributed by atoms with Crippen LogP contribution in [0.4, 0.5) is 4.39 Å². The average molecular weight is 275 g/mol. The molecule has 1 fully saturated rings. The molecule has 0 bridgehead atoms. The van der Waals surface area contributed by atoms with Gasteiger partial charge in [-0.1, -0.05) is 6.07 Å². The van der Waals surface area contributed by atoms with Gasteiger partial charge < -0.3 is 0 Å². The SMILES string of the molecule is O=C1CNC(c2ccc(F)c(Br)c2)N1O. The van der Waals surface area contributed by atoms with Gasteiger partial charge in [0.15, 0.2) is 0 Å². The van der Waals surface area contributed by atoms with Crippen molar-refractivity contribution in [3.63, 3.8) is 0 Å². The highest BCUT2D eigenvalue weighted by atomic mass is 79.9. The van der Waals surface area contributed by atoms with Gasteiger partial charge in [-0.3, -0.25) is 15.3 Å². The summed E-state index contributed by atoms with van der Waals surface area (Å²) in [6.07, 6.45) is -0.602. The molecule has 6 heteroatoms. The molecule has 80 valence electrons. The summed E-state index contributed by atoms with van der Waals surface area (Å²) >= 11 is 3.04. The third-order valence-corrected chi connectivity index (χ3v) is 2.81. The Balaban J connectivity index is 2.30. The van der Waals surface area contributed by atoms with Gasteiger partial charge in [-0.05, 0) is 33.6 Å². The lowest BCUT2D eigenvalue weighted by Crippen LogP contribution is -2.26. The largest absolute Gasteiger partial charge is 0.284 e. The topological polar surface area (TPSA) is 52.6 Å². The summed E-state index contributed by atoms with van der Waals surface area (Å²) in [5.41, 5.74) is 0.622. The Morgan fingerprint density at radius 3 is 2.87 bits per heavy atom. The van der Waals surface area contributed by atoms with Crippen molar-refractivity contribution in [1.82, 2.24) is 10.4 Å². The lowest BCUT2D eigenvalue weighted by atomic mass is 10.2. The van der Waals surface area contributed by atoms with Crippen LogP contribution in [0.2, 0.25) is 0 Å². The number of amides is 1. The minimum atomic E-state index is -0.602. The van der Waals surface area contributed by atoms with Crippen LogP contribution in [-0.2, 0) is 4.79 Å². The van der Waals surface area contributed by atoms with Gasteiger partial charge in [0, 0.05) is 0 Å². The van der Waals surface area contributed by atoms with Crippen molar-refractivity contribution in [1.29, 1.82) is 0 Å². The number of hydroxylamine groups is 2. The summed E-state index contributed by atoms with van der Waals surface area (Å²) in [7, 11) is 0. The van der Waals surface area contributed by atoms with Crippen LogP contribution in [0.25, 0.3) is 0 Å². The molecular formula is C9H8BrFN2O2. The molecule has 1 heterocycles. The van der Waals surface area contributed by atoms with Crippen LogP contribution in [0.3, 0.4) is 0 Å². The number of carbonyl (C=O) groups is 1. The van der Waals surface area contributed by atoms with Crippen LogP contribution in [0.5, 0.6) is 0 Å². The monoisotopic (exact) mass is 274 g/mol. The van der Waals surface area contributed by atoms with Gasteiger partial charge in [0.2, 0.25) is 0 Å². The molecule has 1 aromatic carbocycles. The lowest BCUT2D eigenvalue weighted by Gasteiger charge is -2.17. The maximum Gasteiger partial charge on any atom is 0.261 e. The van der Waals surface area contributed by atoms with Gasteiger partial charge in [0.1, 0.15) is 12.0 Å². The molecule has 1 atom stereocenters. The first kappa shape index (κ1) is 10.5. The highest BCUT2D eigenvalue weighted by Crippen LogP contribution is 2.24. The minimum absolute atomic E-state index is 0.0795. The molecule has 0 aromatic heterocycles. The highest BCUT2D eigenvalue weighted by molar-refractivity contribution is 9.10. The van der Waals surface area contributed by atoms with Crippen LogP contribution >= 0.6 is 15.9 Å². The highest BCUT2D eigenvalue weighted by Gasteiger charge is 2.30. The third-order valence-electron chi connectivity index (χ3n) is 2.21. The van der Waals surface area contributed by atoms with Crippen molar-refractivity contribution < 1.29 is 14.4 Å². The third kappa shape index (κ3) is 1.88. The number of nitrogens with zero attached hydrogens (tertiary/aromatic N) is 1. The van der Waals surface area contributed by atoms with E-state index in [0.717, 1.165) is 0 Å². The zero-order chi connectivity index (χ0) is 11.0. The van der Waals surface area contributed by atoms with Gasteiger partial charge >= 0.3 is 0 Å². The van der Waals surface area contributed by atoms with E-state index in [-0.39, 0.29) is 12.4 Å². The van der Waals surface area contributed by atoms with Crippen LogP contribution in [-0.4, -0.2) is 22.7 Å². The van der Waals surface area contributed by atoms with Crippen molar-refractivity contribution >= 4 is 21.8 Å². The number of hydrogen-bond acceptors (Lipinski definition) is 3. The minimum Gasteiger partial charge on any atom is -0.284 e. The smallest absolute Gasteiger partial charge is 0.261 e. The Labute approximate surface area is 93.8 Å². The molecule has 1 aromatic rings. The molecule has 1 unspecified atom stereocenters. The van der Waals surface area contributed by atoms with Crippen LogP contribution in [0, 0.1) is 5.82 Å². The average Bonchev–Trinajstić information content (AvgIpc) is 2.53. The van der Waals surface area contributed by atoms with E-state index in [1.54, 1.807) is 0 Å². The maximum absolute atomic E-state index is 12.9. The van der Waals surface area contributed by atoms with E-state index in [9.17, 15) is 14.4 Å². The molecule has 0 saturated carbocycles. The van der Waals surface area contributed by atoms with Crippen molar-refractivity contribution in [3.8, 4) is 0 Å². The van der Waals surface area contributed by atoms with E-state index < -0.39 is 12.1 Å². The van der Waals surface area contributed by atoms with Crippen LogP contribution < -0.4 is 5.32 Å². The number of nitrogens with one attached hydrogen (secondary N) is 1. The van der Waals surface area contributed by atoms with Crippen molar-refractivity contribution in [3.05, 3.63) is 34.1 Å². The van der Waals surface area contributed by atoms with E-state index >= 15 is 0 Å². The van der Waals surface area contributed by atoms with E-state index in [0.29, 0.717) is 15.1 Å². The van der Waals surface area contributed by atoms with Gasteiger partial charge in [-0.25, -0.2) is 9.45 Å². The van der Waals surface area contributed by atoms with Crippen molar-refractivity contribution in [2.24, 2.45) is 0 Å². The number of halogens is 2. The maximum atomic E-state index is 12.9. The summed E-state index contributed by atoms with van der Waals surface area (Å²) in [4.78, 5) is 11.0. The first-order valence-corrected chi connectivity index (χ1v) is 5.08. The van der Waals surface area contributed by atoms with E-state index in [4.69, 9.17) is 0 Å². The first-order chi connectivity index (χ1) is 7.09. The van der Waals surface area contributed by atoms with Crippen molar-refractivity contribution in [2.75, 3.05) is 6.54 Å². The van der Waals surface area contributed by atoms with Gasteiger partial charge in [-0.15, -0.1) is 0 Å². The molecule has 1 aliphatic heterocycles. The molecule has 1 aliphatic rings. The molecule has 1 amide bonds. The predicted octanol–water partition coefficient (Wildman–Crippen LogP) is 1.41. The molecule has 1 saturated heterocycles. The predicted molar refractivity (Wildman–Crippen MR) is 53.5 cm³/mol. The quantitative estimate of drug-likeness (QED) is 0.762. The Kier molecular flexibility index (Phi) is 2.72. The Morgan fingerprint density at radius 2 is 2.33 bits per heavy atom.